The van der Waals surface area contributed by atoms with E-state index >= 15 is 0 Å². The topological polar surface area (TPSA) is 107 Å². The van der Waals surface area contributed by atoms with Crippen LogP contribution in [0.2, 0.25) is 0 Å². The van der Waals surface area contributed by atoms with Gasteiger partial charge in [-0.2, -0.15) is 0 Å². The quantitative estimate of drug-likeness (QED) is 0.0727. The standard InChI is InChI=1S/C12H26O4S.C6H8O2.K.Na/c1-2-3-4-5-6-7-8-9-10-11-12-16-17(13,14)15;1-2-3-4-5-6(7)8;;/h2-12H2,1H3,(H,13,14,15);2-5H,1H3,(H,7,8);;/q;;2*+1/p-2/b;3-2+,5-4+;;. The summed E-state index contributed by atoms with van der Waals surface area (Å²) in [4.78, 5) is 9.64. The second-order valence-corrected chi connectivity index (χ2v) is 6.67. The molecule has 0 amide bonds. The fourth-order valence-electron chi connectivity index (χ4n) is 2.00. The first-order valence-corrected chi connectivity index (χ1v) is 10.3. The minimum atomic E-state index is -4.48. The van der Waals surface area contributed by atoms with Crippen LogP contribution in [0.5, 0.6) is 0 Å². The van der Waals surface area contributed by atoms with Gasteiger partial charge in [0.15, 0.2) is 0 Å². The van der Waals surface area contributed by atoms with Crippen molar-refractivity contribution in [1.82, 2.24) is 0 Å². The maximum Gasteiger partial charge on any atom is 1.00 e. The molecule has 0 aromatic carbocycles. The largest absolute Gasteiger partial charge is 1.00 e. The molecule has 0 spiro atoms. The van der Waals surface area contributed by atoms with Crippen molar-refractivity contribution >= 4 is 16.4 Å². The molecule has 148 valence electrons. The summed E-state index contributed by atoms with van der Waals surface area (Å²) in [6.45, 7) is 4.05. The van der Waals surface area contributed by atoms with Gasteiger partial charge in [-0.1, -0.05) is 82.9 Å². The molecule has 0 aliphatic carbocycles. The average Bonchev–Trinajstić information content (AvgIpc) is 2.52. The van der Waals surface area contributed by atoms with Crippen LogP contribution < -0.4 is 86.0 Å². The third-order valence-electron chi connectivity index (χ3n) is 3.26. The van der Waals surface area contributed by atoms with E-state index < -0.39 is 16.4 Å². The Balaban J connectivity index is -0.000000226. The van der Waals surface area contributed by atoms with Crippen LogP contribution in [0.4, 0.5) is 0 Å². The van der Waals surface area contributed by atoms with E-state index in [9.17, 15) is 22.9 Å². The monoisotopic (exact) mass is 438 g/mol. The summed E-state index contributed by atoms with van der Waals surface area (Å²) in [6, 6.07) is 0. The van der Waals surface area contributed by atoms with Crippen molar-refractivity contribution in [3.8, 4) is 0 Å². The normalized spacial score (nSPS) is 10.8. The van der Waals surface area contributed by atoms with Crippen LogP contribution in [0, 0.1) is 0 Å². The molecule has 0 aromatic heterocycles. The van der Waals surface area contributed by atoms with Crippen LogP contribution in [-0.4, -0.2) is 25.5 Å². The first-order valence-electron chi connectivity index (χ1n) is 8.94. The zero-order valence-corrected chi connectivity index (χ0v) is 23.4. The second kappa shape index (κ2) is 27.5. The van der Waals surface area contributed by atoms with Crippen molar-refractivity contribution in [3.63, 3.8) is 0 Å². The molecule has 0 aromatic rings. The van der Waals surface area contributed by atoms with Crippen LogP contribution in [0.15, 0.2) is 24.3 Å². The van der Waals surface area contributed by atoms with Crippen LogP contribution in [0.25, 0.3) is 0 Å². The molecule has 27 heavy (non-hydrogen) atoms. The Morgan fingerprint density at radius 3 is 1.74 bits per heavy atom. The summed E-state index contributed by atoms with van der Waals surface area (Å²) in [5.41, 5.74) is 0. The van der Waals surface area contributed by atoms with Gasteiger partial charge >= 0.3 is 80.9 Å². The molecule has 0 rings (SSSR count). The number of aliphatic carboxylic acids is 1. The Hall–Kier alpha value is 1.46. The van der Waals surface area contributed by atoms with Gasteiger partial charge in [0.2, 0.25) is 10.4 Å². The Morgan fingerprint density at radius 2 is 1.37 bits per heavy atom. The molecular weight excluding hydrogens is 406 g/mol. The van der Waals surface area contributed by atoms with Crippen LogP contribution >= 0.6 is 0 Å². The summed E-state index contributed by atoms with van der Waals surface area (Å²) in [5.74, 6) is -1.16. The molecule has 0 N–H and O–H groups in total. The number of carbonyl (C=O) groups excluding carboxylic acids is 1. The molecular formula is C18H32KNaO6S. The molecule has 0 saturated heterocycles. The number of carboxylic acid groups (broad SMARTS) is 1. The first-order chi connectivity index (χ1) is 11.8. The second-order valence-electron chi connectivity index (χ2n) is 5.62. The van der Waals surface area contributed by atoms with Crippen molar-refractivity contribution in [3.05, 3.63) is 24.3 Å². The predicted molar refractivity (Wildman–Crippen MR) is 96.5 cm³/mol. The molecule has 0 radical (unpaired) electrons. The van der Waals surface area contributed by atoms with Crippen molar-refractivity contribution in [2.24, 2.45) is 0 Å². The molecule has 0 bridgehead atoms. The van der Waals surface area contributed by atoms with Crippen molar-refractivity contribution in [1.29, 1.82) is 0 Å². The van der Waals surface area contributed by atoms with E-state index in [0.717, 1.165) is 18.9 Å². The summed E-state index contributed by atoms with van der Waals surface area (Å²) in [5, 5.41) is 9.64. The zero-order valence-electron chi connectivity index (χ0n) is 17.4. The van der Waals surface area contributed by atoms with Gasteiger partial charge in [0.1, 0.15) is 0 Å². The molecule has 0 atom stereocenters. The maximum absolute atomic E-state index is 10.1. The number of allylic oxidation sites excluding steroid dienone is 3. The molecule has 6 nitrogen and oxygen atoms in total. The van der Waals surface area contributed by atoms with E-state index in [-0.39, 0.29) is 87.5 Å². The van der Waals surface area contributed by atoms with Gasteiger partial charge in [-0.05, 0) is 19.4 Å². The zero-order chi connectivity index (χ0) is 19.4. The van der Waals surface area contributed by atoms with Crippen LogP contribution in [0.1, 0.15) is 78.1 Å². The van der Waals surface area contributed by atoms with E-state index in [1.807, 2.05) is 0 Å². The predicted octanol–water partition coefficient (Wildman–Crippen LogP) is -2.74. The van der Waals surface area contributed by atoms with Gasteiger partial charge < -0.3 is 14.5 Å². The first kappa shape index (κ1) is 35.9. The molecule has 0 unspecified atom stereocenters. The van der Waals surface area contributed by atoms with E-state index in [1.165, 1.54) is 51.0 Å². The van der Waals surface area contributed by atoms with Crippen molar-refractivity contribution in [2.75, 3.05) is 6.61 Å². The summed E-state index contributed by atoms with van der Waals surface area (Å²) in [7, 11) is -4.48. The summed E-state index contributed by atoms with van der Waals surface area (Å²) >= 11 is 0. The third-order valence-corrected chi connectivity index (χ3v) is 3.72. The molecule has 0 aliphatic rings. The molecule has 0 fully saturated rings. The molecule has 0 saturated carbocycles. The van der Waals surface area contributed by atoms with E-state index in [4.69, 9.17) is 0 Å². The fourth-order valence-corrected chi connectivity index (χ4v) is 2.32. The number of hydrogen-bond acceptors (Lipinski definition) is 6. The van der Waals surface area contributed by atoms with Crippen molar-refractivity contribution < 1.29 is 108 Å². The van der Waals surface area contributed by atoms with Crippen LogP contribution in [0.3, 0.4) is 0 Å². The van der Waals surface area contributed by atoms with Gasteiger partial charge in [-0.15, -0.1) is 0 Å². The van der Waals surface area contributed by atoms with E-state index in [0.29, 0.717) is 6.42 Å². The molecule has 9 heteroatoms. The number of unbranched alkanes of at least 4 members (excludes halogenated alkanes) is 9. The maximum atomic E-state index is 10.1. The Labute approximate surface area is 230 Å². The number of carbonyl (C=O) groups is 1. The third kappa shape index (κ3) is 42.5. The molecule has 0 heterocycles. The Morgan fingerprint density at radius 1 is 0.926 bits per heavy atom. The average molecular weight is 439 g/mol. The van der Waals surface area contributed by atoms with Gasteiger partial charge in [0.05, 0.1) is 12.6 Å². The van der Waals surface area contributed by atoms with Gasteiger partial charge in [-0.3, -0.25) is 4.18 Å². The van der Waals surface area contributed by atoms with Gasteiger partial charge in [-0.25, -0.2) is 8.42 Å². The van der Waals surface area contributed by atoms with E-state index in [2.05, 4.69) is 11.1 Å². The Kier molecular flexibility index (Phi) is 36.5. The minimum absolute atomic E-state index is 0. The summed E-state index contributed by atoms with van der Waals surface area (Å²) < 4.78 is 34.5. The number of rotatable bonds is 14. The Bertz CT molecular complexity index is 466. The van der Waals surface area contributed by atoms with Crippen LogP contribution in [-0.2, 0) is 19.4 Å². The minimum Gasteiger partial charge on any atom is -0.726 e. The van der Waals surface area contributed by atoms with Gasteiger partial charge in [0.25, 0.3) is 0 Å². The number of hydrogen-bond donors (Lipinski definition) is 0. The molecule has 0 aliphatic heterocycles. The summed E-state index contributed by atoms with van der Waals surface area (Å²) in [6.07, 6.45) is 17.4. The van der Waals surface area contributed by atoms with E-state index in [1.54, 1.807) is 19.1 Å². The smallest absolute Gasteiger partial charge is 0.726 e. The van der Waals surface area contributed by atoms with Crippen molar-refractivity contribution in [2.45, 2.75) is 78.1 Å². The SMILES string of the molecule is C/C=C/C=C/C(=O)[O-].CCCCCCCCCCCCOS(=O)(=O)[O-].[K+].[Na+]. The number of carboxylic acids is 1. The fraction of sp³-hybridized carbons (Fsp3) is 0.722. The van der Waals surface area contributed by atoms with Gasteiger partial charge in [0, 0.05) is 0 Å².